The number of carbonyl (C=O) groups is 2. The van der Waals surface area contributed by atoms with E-state index < -0.39 is 0 Å². The molecule has 0 unspecified atom stereocenters. The van der Waals surface area contributed by atoms with Crippen LogP contribution in [0.4, 0.5) is 11.4 Å². The largest absolute Gasteiger partial charge is 0.365 e. The number of likely N-dealkylation sites (N-methyl/N-ethyl adjacent to an activating group) is 1. The van der Waals surface area contributed by atoms with Crippen LogP contribution in [0.5, 0.6) is 0 Å². The van der Waals surface area contributed by atoms with E-state index >= 15 is 0 Å². The molecule has 0 radical (unpaired) electrons. The van der Waals surface area contributed by atoms with Gasteiger partial charge in [-0.15, -0.1) is 0 Å². The van der Waals surface area contributed by atoms with Gasteiger partial charge in [-0.25, -0.2) is 0 Å². The number of hydrogen-bond donors (Lipinski definition) is 1. The fourth-order valence-corrected chi connectivity index (χ4v) is 2.49. The number of Topliss-reactive ketones (excluding diaryl/α,β-unsaturated/α-hetero) is 1. The molecular formula is C19H22N2O2. The Hall–Kier alpha value is -2.62. The number of amides is 1. The number of benzene rings is 2. The van der Waals surface area contributed by atoms with Gasteiger partial charge in [0.15, 0.2) is 5.78 Å². The summed E-state index contributed by atoms with van der Waals surface area (Å²) in [6.07, 6.45) is 0. The minimum Gasteiger partial charge on any atom is -0.365 e. The van der Waals surface area contributed by atoms with Crippen LogP contribution >= 0.6 is 0 Å². The zero-order valence-corrected chi connectivity index (χ0v) is 14.0. The number of aryl methyl sites for hydroxylation is 2. The maximum absolute atomic E-state index is 12.2. The zero-order valence-electron chi connectivity index (χ0n) is 14.0. The highest BCUT2D eigenvalue weighted by molar-refractivity contribution is 5.98. The van der Waals surface area contributed by atoms with Gasteiger partial charge >= 0.3 is 0 Å². The third-order valence-corrected chi connectivity index (χ3v) is 3.58. The minimum absolute atomic E-state index is 0.0200. The maximum Gasteiger partial charge on any atom is 0.243 e. The van der Waals surface area contributed by atoms with Crippen LogP contribution in [0.25, 0.3) is 0 Å². The highest BCUT2D eigenvalue weighted by Crippen LogP contribution is 2.17. The minimum atomic E-state index is -0.118. The predicted molar refractivity (Wildman–Crippen MR) is 94.3 cm³/mol. The Balaban J connectivity index is 2.04. The molecule has 0 saturated carbocycles. The van der Waals surface area contributed by atoms with Crippen molar-refractivity contribution in [1.29, 1.82) is 0 Å². The van der Waals surface area contributed by atoms with E-state index in [1.807, 2.05) is 25.8 Å². The van der Waals surface area contributed by atoms with Crippen molar-refractivity contribution >= 4 is 23.1 Å². The molecule has 0 aliphatic rings. The molecule has 2 aromatic carbocycles. The van der Waals surface area contributed by atoms with Crippen LogP contribution in [0, 0.1) is 13.8 Å². The van der Waals surface area contributed by atoms with Crippen LogP contribution in [0.2, 0.25) is 0 Å². The molecule has 4 nitrogen and oxygen atoms in total. The topological polar surface area (TPSA) is 49.4 Å². The molecule has 1 amide bonds. The summed E-state index contributed by atoms with van der Waals surface area (Å²) in [5, 5.41) is 2.83. The van der Waals surface area contributed by atoms with Gasteiger partial charge in [0.1, 0.15) is 0 Å². The third kappa shape index (κ3) is 4.68. The van der Waals surface area contributed by atoms with E-state index in [-0.39, 0.29) is 18.2 Å². The average molecular weight is 310 g/mol. The van der Waals surface area contributed by atoms with Gasteiger partial charge in [-0.1, -0.05) is 18.2 Å². The standard InChI is InChI=1S/C19H22N2O2/c1-13-8-14(2)10-18(9-13)21(4)12-19(23)20-17-7-5-6-16(11-17)15(3)22/h5-11H,12H2,1-4H3,(H,20,23). The van der Waals surface area contributed by atoms with Gasteiger partial charge < -0.3 is 10.2 Å². The van der Waals surface area contributed by atoms with Crippen molar-refractivity contribution in [3.05, 3.63) is 59.2 Å². The molecule has 0 spiro atoms. The molecule has 23 heavy (non-hydrogen) atoms. The van der Waals surface area contributed by atoms with Gasteiger partial charge in [0.2, 0.25) is 5.91 Å². The number of carbonyl (C=O) groups excluding carboxylic acids is 2. The molecule has 0 fully saturated rings. The Morgan fingerprint density at radius 1 is 1.04 bits per heavy atom. The molecule has 0 atom stereocenters. The van der Waals surface area contributed by atoms with Crippen molar-refractivity contribution < 1.29 is 9.59 Å². The number of hydrogen-bond acceptors (Lipinski definition) is 3. The molecule has 120 valence electrons. The molecule has 0 aliphatic heterocycles. The first kappa shape index (κ1) is 16.7. The van der Waals surface area contributed by atoms with Crippen LogP contribution in [-0.4, -0.2) is 25.3 Å². The van der Waals surface area contributed by atoms with Crippen molar-refractivity contribution in [1.82, 2.24) is 0 Å². The lowest BCUT2D eigenvalue weighted by Gasteiger charge is -2.20. The second-order valence-electron chi connectivity index (χ2n) is 5.89. The second-order valence-corrected chi connectivity index (χ2v) is 5.89. The molecule has 4 heteroatoms. The molecule has 1 N–H and O–H groups in total. The summed E-state index contributed by atoms with van der Waals surface area (Å²) < 4.78 is 0. The number of ketones is 1. The van der Waals surface area contributed by atoms with Crippen LogP contribution in [0.15, 0.2) is 42.5 Å². The lowest BCUT2D eigenvalue weighted by molar-refractivity contribution is -0.114. The smallest absolute Gasteiger partial charge is 0.243 e. The fourth-order valence-electron chi connectivity index (χ4n) is 2.49. The van der Waals surface area contributed by atoms with E-state index in [0.717, 1.165) is 5.69 Å². The van der Waals surface area contributed by atoms with Crippen LogP contribution in [0.1, 0.15) is 28.4 Å². The van der Waals surface area contributed by atoms with Crippen molar-refractivity contribution in [2.24, 2.45) is 0 Å². The van der Waals surface area contributed by atoms with E-state index in [1.54, 1.807) is 24.3 Å². The molecule has 0 aromatic heterocycles. The third-order valence-electron chi connectivity index (χ3n) is 3.58. The maximum atomic E-state index is 12.2. The summed E-state index contributed by atoms with van der Waals surface area (Å²) in [4.78, 5) is 25.5. The van der Waals surface area contributed by atoms with Gasteiger partial charge in [-0.2, -0.15) is 0 Å². The average Bonchev–Trinajstić information content (AvgIpc) is 2.46. The summed E-state index contributed by atoms with van der Waals surface area (Å²) in [7, 11) is 1.89. The Labute approximate surface area is 137 Å². The molecule has 0 bridgehead atoms. The molecule has 0 heterocycles. The molecule has 0 aliphatic carbocycles. The lowest BCUT2D eigenvalue weighted by Crippen LogP contribution is -2.30. The number of rotatable bonds is 5. The van der Waals surface area contributed by atoms with Crippen molar-refractivity contribution in [2.75, 3.05) is 23.8 Å². The number of nitrogens with zero attached hydrogens (tertiary/aromatic N) is 1. The number of nitrogens with one attached hydrogen (secondary N) is 1. The van der Waals surface area contributed by atoms with Crippen LogP contribution < -0.4 is 10.2 Å². The van der Waals surface area contributed by atoms with E-state index in [2.05, 4.69) is 23.5 Å². The summed E-state index contributed by atoms with van der Waals surface area (Å²) >= 11 is 0. The zero-order chi connectivity index (χ0) is 17.0. The van der Waals surface area contributed by atoms with Crippen molar-refractivity contribution in [2.45, 2.75) is 20.8 Å². The predicted octanol–water partition coefficient (Wildman–Crippen LogP) is 3.58. The SMILES string of the molecule is CC(=O)c1cccc(NC(=O)CN(C)c2cc(C)cc(C)c2)c1. The van der Waals surface area contributed by atoms with Gasteiger partial charge in [-0.05, 0) is 56.2 Å². The highest BCUT2D eigenvalue weighted by Gasteiger charge is 2.09. The lowest BCUT2D eigenvalue weighted by atomic mass is 10.1. The molecule has 2 aromatic rings. The molecule has 2 rings (SSSR count). The Kier molecular flexibility index (Phi) is 5.16. The summed E-state index contributed by atoms with van der Waals surface area (Å²) in [6, 6.07) is 13.2. The second kappa shape index (κ2) is 7.09. The highest BCUT2D eigenvalue weighted by atomic mass is 16.2. The fraction of sp³-hybridized carbons (Fsp3) is 0.263. The quantitative estimate of drug-likeness (QED) is 0.859. The van der Waals surface area contributed by atoms with Gasteiger partial charge in [0, 0.05) is 24.0 Å². The number of anilines is 2. The van der Waals surface area contributed by atoms with E-state index in [0.29, 0.717) is 11.3 Å². The van der Waals surface area contributed by atoms with E-state index in [9.17, 15) is 9.59 Å². The van der Waals surface area contributed by atoms with Crippen molar-refractivity contribution in [3.8, 4) is 0 Å². The Bertz CT molecular complexity index is 718. The Morgan fingerprint density at radius 2 is 1.70 bits per heavy atom. The van der Waals surface area contributed by atoms with E-state index in [4.69, 9.17) is 0 Å². The van der Waals surface area contributed by atoms with Crippen LogP contribution in [-0.2, 0) is 4.79 Å². The normalized spacial score (nSPS) is 10.3. The van der Waals surface area contributed by atoms with Crippen LogP contribution in [0.3, 0.4) is 0 Å². The monoisotopic (exact) mass is 310 g/mol. The first-order chi connectivity index (χ1) is 10.8. The van der Waals surface area contributed by atoms with Crippen molar-refractivity contribution in [3.63, 3.8) is 0 Å². The molecule has 0 saturated heterocycles. The molecular weight excluding hydrogens is 288 g/mol. The van der Waals surface area contributed by atoms with Gasteiger partial charge in [-0.3, -0.25) is 9.59 Å². The first-order valence-corrected chi connectivity index (χ1v) is 7.55. The summed E-state index contributed by atoms with van der Waals surface area (Å²) in [5.41, 5.74) is 4.57. The summed E-state index contributed by atoms with van der Waals surface area (Å²) in [6.45, 7) is 5.83. The van der Waals surface area contributed by atoms with E-state index in [1.165, 1.54) is 18.1 Å². The summed E-state index contributed by atoms with van der Waals surface area (Å²) in [5.74, 6) is -0.138. The Morgan fingerprint density at radius 3 is 2.30 bits per heavy atom. The first-order valence-electron chi connectivity index (χ1n) is 7.55. The van der Waals surface area contributed by atoms with Gasteiger partial charge in [0.25, 0.3) is 0 Å². The van der Waals surface area contributed by atoms with Gasteiger partial charge in [0.05, 0.1) is 6.54 Å².